The first-order valence-corrected chi connectivity index (χ1v) is 10.7. The Labute approximate surface area is 164 Å². The zero-order chi connectivity index (χ0) is 20.9. The highest BCUT2D eigenvalue weighted by Crippen LogP contribution is 2.38. The van der Waals surface area contributed by atoms with Crippen LogP contribution in [0.1, 0.15) is 42.0 Å². The number of methoxy groups -OCH3 is 2. The molecule has 0 unspecified atom stereocenters. The SMILES string of the molecule is COc1cc(CCP(=O)(O)O)cc(OC)c1Cc1ccc(N=O)c(C(C)C)c1. The van der Waals surface area contributed by atoms with E-state index in [9.17, 15) is 9.47 Å². The molecule has 2 rings (SSSR count). The van der Waals surface area contributed by atoms with Crippen LogP contribution in [-0.4, -0.2) is 30.2 Å². The first kappa shape index (κ1) is 22.1. The Morgan fingerprint density at radius 1 is 1.04 bits per heavy atom. The molecule has 152 valence electrons. The van der Waals surface area contributed by atoms with Crippen molar-refractivity contribution in [2.45, 2.75) is 32.6 Å². The summed E-state index contributed by atoms with van der Waals surface area (Å²) in [6.45, 7) is 4.01. The van der Waals surface area contributed by atoms with Crippen LogP contribution in [0, 0.1) is 4.91 Å². The third-order valence-electron chi connectivity index (χ3n) is 4.55. The van der Waals surface area contributed by atoms with Gasteiger partial charge in [-0.3, -0.25) is 4.57 Å². The maximum atomic E-state index is 11.2. The number of benzene rings is 2. The van der Waals surface area contributed by atoms with E-state index in [4.69, 9.17) is 19.3 Å². The van der Waals surface area contributed by atoms with Crippen molar-refractivity contribution in [3.8, 4) is 11.5 Å². The van der Waals surface area contributed by atoms with Crippen LogP contribution in [0.25, 0.3) is 0 Å². The van der Waals surface area contributed by atoms with Gasteiger partial charge in [0.2, 0.25) is 0 Å². The molecule has 0 atom stereocenters. The molecule has 7 nitrogen and oxygen atoms in total. The molecule has 2 N–H and O–H groups in total. The monoisotopic (exact) mass is 407 g/mol. The van der Waals surface area contributed by atoms with Crippen LogP contribution in [0.5, 0.6) is 11.5 Å². The molecular formula is C20H26NO6P. The first-order valence-electron chi connectivity index (χ1n) is 8.93. The van der Waals surface area contributed by atoms with Crippen LogP contribution in [0.4, 0.5) is 5.69 Å². The number of ether oxygens (including phenoxy) is 2. The Morgan fingerprint density at radius 3 is 2.11 bits per heavy atom. The van der Waals surface area contributed by atoms with E-state index in [1.807, 2.05) is 26.0 Å². The van der Waals surface area contributed by atoms with Crippen LogP contribution in [0.15, 0.2) is 35.5 Å². The molecule has 0 aliphatic rings. The first-order chi connectivity index (χ1) is 13.2. The van der Waals surface area contributed by atoms with Gasteiger partial charge in [0.05, 0.1) is 20.4 Å². The average Bonchev–Trinajstić information content (AvgIpc) is 2.66. The highest BCUT2D eigenvalue weighted by atomic mass is 31.2. The smallest absolute Gasteiger partial charge is 0.325 e. The molecule has 2 aromatic rings. The summed E-state index contributed by atoms with van der Waals surface area (Å²) in [6.07, 6.45) is 0.495. The minimum absolute atomic E-state index is 0.159. The van der Waals surface area contributed by atoms with Crippen LogP contribution < -0.4 is 9.47 Å². The number of nitroso groups, excluding NO2 is 1. The Bertz CT molecular complexity index is 865. The van der Waals surface area contributed by atoms with Gasteiger partial charge in [0.25, 0.3) is 0 Å². The summed E-state index contributed by atoms with van der Waals surface area (Å²) < 4.78 is 22.2. The van der Waals surface area contributed by atoms with Gasteiger partial charge in [-0.2, -0.15) is 0 Å². The quantitative estimate of drug-likeness (QED) is 0.467. The highest BCUT2D eigenvalue weighted by molar-refractivity contribution is 7.51. The zero-order valence-electron chi connectivity index (χ0n) is 16.5. The van der Waals surface area contributed by atoms with Crippen molar-refractivity contribution < 1.29 is 23.8 Å². The molecule has 0 amide bonds. The van der Waals surface area contributed by atoms with Crippen molar-refractivity contribution >= 4 is 13.3 Å². The summed E-state index contributed by atoms with van der Waals surface area (Å²) in [5.41, 5.74) is 3.85. The number of aryl methyl sites for hydroxylation is 1. The van der Waals surface area contributed by atoms with Gasteiger partial charge in [-0.1, -0.05) is 26.0 Å². The number of hydrogen-bond acceptors (Lipinski definition) is 5. The van der Waals surface area contributed by atoms with Crippen LogP contribution in [0.3, 0.4) is 0 Å². The highest BCUT2D eigenvalue weighted by Gasteiger charge is 2.18. The molecule has 0 radical (unpaired) electrons. The number of hydrogen-bond donors (Lipinski definition) is 2. The van der Waals surface area contributed by atoms with E-state index >= 15 is 0 Å². The lowest BCUT2D eigenvalue weighted by atomic mass is 9.94. The number of rotatable bonds is 9. The Hall–Kier alpha value is -2.21. The van der Waals surface area contributed by atoms with Gasteiger partial charge in [0, 0.05) is 12.0 Å². The van der Waals surface area contributed by atoms with Crippen molar-refractivity contribution in [1.29, 1.82) is 0 Å². The second-order valence-corrected chi connectivity index (χ2v) is 8.71. The lowest BCUT2D eigenvalue weighted by Crippen LogP contribution is -2.02. The van der Waals surface area contributed by atoms with E-state index in [1.165, 1.54) is 0 Å². The molecule has 0 saturated heterocycles. The molecule has 2 aromatic carbocycles. The van der Waals surface area contributed by atoms with Crippen LogP contribution in [-0.2, 0) is 17.4 Å². The summed E-state index contributed by atoms with van der Waals surface area (Å²) in [4.78, 5) is 29.3. The van der Waals surface area contributed by atoms with Gasteiger partial charge in [-0.05, 0) is 52.4 Å². The van der Waals surface area contributed by atoms with E-state index < -0.39 is 7.60 Å². The maximum Gasteiger partial charge on any atom is 0.325 e. The molecule has 0 aromatic heterocycles. The van der Waals surface area contributed by atoms with Gasteiger partial charge >= 0.3 is 7.60 Å². The second-order valence-electron chi connectivity index (χ2n) is 6.93. The second kappa shape index (κ2) is 9.32. The lowest BCUT2D eigenvalue weighted by Gasteiger charge is -2.17. The summed E-state index contributed by atoms with van der Waals surface area (Å²) in [6, 6.07) is 9.08. The molecule has 0 fully saturated rings. The minimum atomic E-state index is -4.08. The van der Waals surface area contributed by atoms with Gasteiger partial charge in [0.1, 0.15) is 17.2 Å². The Kier molecular flexibility index (Phi) is 7.35. The van der Waals surface area contributed by atoms with Crippen molar-refractivity contribution in [1.82, 2.24) is 0 Å². The van der Waals surface area contributed by atoms with Crippen molar-refractivity contribution in [3.63, 3.8) is 0 Å². The predicted molar refractivity (Wildman–Crippen MR) is 109 cm³/mol. The van der Waals surface area contributed by atoms with Crippen LogP contribution >= 0.6 is 7.60 Å². The summed E-state index contributed by atoms with van der Waals surface area (Å²) >= 11 is 0. The maximum absolute atomic E-state index is 11.2. The molecule has 0 heterocycles. The summed E-state index contributed by atoms with van der Waals surface area (Å²) in [7, 11) is -0.993. The van der Waals surface area contributed by atoms with Crippen molar-refractivity contribution in [2.75, 3.05) is 20.4 Å². The van der Waals surface area contributed by atoms with Gasteiger partial charge in [-0.25, -0.2) is 0 Å². The third kappa shape index (κ3) is 5.64. The fourth-order valence-electron chi connectivity index (χ4n) is 3.10. The predicted octanol–water partition coefficient (Wildman–Crippen LogP) is 4.54. The average molecular weight is 407 g/mol. The van der Waals surface area contributed by atoms with E-state index in [2.05, 4.69) is 5.18 Å². The molecule has 0 bridgehead atoms. The topological polar surface area (TPSA) is 105 Å². The molecular weight excluding hydrogens is 381 g/mol. The third-order valence-corrected chi connectivity index (χ3v) is 5.36. The molecule has 0 aliphatic carbocycles. The summed E-state index contributed by atoms with van der Waals surface area (Å²) in [5, 5.41) is 3.10. The van der Waals surface area contributed by atoms with Gasteiger partial charge in [-0.15, -0.1) is 4.91 Å². The molecule has 8 heteroatoms. The van der Waals surface area contributed by atoms with Gasteiger partial charge in [0.15, 0.2) is 0 Å². The zero-order valence-corrected chi connectivity index (χ0v) is 17.4. The fraction of sp³-hybridized carbons (Fsp3) is 0.400. The normalized spacial score (nSPS) is 11.5. The Balaban J connectivity index is 2.41. The number of nitrogens with zero attached hydrogens (tertiary/aromatic N) is 1. The van der Waals surface area contributed by atoms with E-state index in [0.717, 1.165) is 22.3 Å². The molecule has 0 aliphatic heterocycles. The van der Waals surface area contributed by atoms with E-state index in [-0.39, 0.29) is 18.5 Å². The minimum Gasteiger partial charge on any atom is -0.496 e. The fourth-order valence-corrected chi connectivity index (χ4v) is 3.64. The molecule has 0 spiro atoms. The largest absolute Gasteiger partial charge is 0.496 e. The van der Waals surface area contributed by atoms with Crippen LogP contribution in [0.2, 0.25) is 0 Å². The van der Waals surface area contributed by atoms with E-state index in [0.29, 0.717) is 23.6 Å². The molecule has 28 heavy (non-hydrogen) atoms. The Morgan fingerprint density at radius 2 is 1.64 bits per heavy atom. The lowest BCUT2D eigenvalue weighted by molar-refractivity contribution is 0.372. The molecule has 0 saturated carbocycles. The van der Waals surface area contributed by atoms with Crippen molar-refractivity contribution in [3.05, 3.63) is 57.5 Å². The standard InChI is InChI=1S/C20H26NO6P/c1-13(2)16-9-14(5-6-18(16)21-22)10-17-19(26-3)11-15(12-20(17)27-4)7-8-28(23,24)25/h5-6,9,11-13H,7-8,10H2,1-4H3,(H2,23,24,25). The summed E-state index contributed by atoms with van der Waals surface area (Å²) in [5.74, 6) is 1.33. The van der Waals surface area contributed by atoms with E-state index in [1.54, 1.807) is 32.4 Å². The van der Waals surface area contributed by atoms with Gasteiger partial charge < -0.3 is 19.3 Å². The van der Waals surface area contributed by atoms with Crippen molar-refractivity contribution in [2.24, 2.45) is 5.18 Å².